The monoisotopic (exact) mass is 358 g/mol. The summed E-state index contributed by atoms with van der Waals surface area (Å²) < 4.78 is 4.87. The molecule has 0 atom stereocenters. The SMILES string of the molecule is COCCNC(=O)CN1CCN(C(=O)c2cccc3[nH]ccc23)CC1=O. The van der Waals surface area contributed by atoms with Crippen LogP contribution in [-0.2, 0) is 14.3 Å². The fourth-order valence-corrected chi connectivity index (χ4v) is 3.01. The van der Waals surface area contributed by atoms with Gasteiger partial charge in [0.2, 0.25) is 11.8 Å². The van der Waals surface area contributed by atoms with Crippen LogP contribution >= 0.6 is 0 Å². The van der Waals surface area contributed by atoms with Gasteiger partial charge in [0.15, 0.2) is 0 Å². The van der Waals surface area contributed by atoms with E-state index in [0.717, 1.165) is 10.9 Å². The Morgan fingerprint density at radius 1 is 1.27 bits per heavy atom. The molecule has 1 aromatic carbocycles. The number of carbonyl (C=O) groups is 3. The van der Waals surface area contributed by atoms with Crippen molar-refractivity contribution in [2.24, 2.45) is 0 Å². The van der Waals surface area contributed by atoms with Crippen LogP contribution in [-0.4, -0.2) is 78.9 Å². The molecule has 8 nitrogen and oxygen atoms in total. The average Bonchev–Trinajstić information content (AvgIpc) is 3.12. The van der Waals surface area contributed by atoms with E-state index in [2.05, 4.69) is 10.3 Å². The number of H-pyrrole nitrogens is 1. The van der Waals surface area contributed by atoms with E-state index in [0.29, 0.717) is 31.8 Å². The Morgan fingerprint density at radius 2 is 2.12 bits per heavy atom. The van der Waals surface area contributed by atoms with Gasteiger partial charge in [0.1, 0.15) is 6.54 Å². The largest absolute Gasteiger partial charge is 0.383 e. The zero-order valence-electron chi connectivity index (χ0n) is 14.7. The highest BCUT2D eigenvalue weighted by atomic mass is 16.5. The van der Waals surface area contributed by atoms with Gasteiger partial charge in [-0.15, -0.1) is 0 Å². The normalized spacial score (nSPS) is 14.7. The van der Waals surface area contributed by atoms with Crippen molar-refractivity contribution in [3.8, 4) is 0 Å². The van der Waals surface area contributed by atoms with Gasteiger partial charge in [-0.2, -0.15) is 0 Å². The maximum Gasteiger partial charge on any atom is 0.255 e. The fourth-order valence-electron chi connectivity index (χ4n) is 3.01. The van der Waals surface area contributed by atoms with Crippen LogP contribution < -0.4 is 5.32 Å². The van der Waals surface area contributed by atoms with Crippen LogP contribution in [0, 0.1) is 0 Å². The molecule has 0 aliphatic carbocycles. The minimum Gasteiger partial charge on any atom is -0.383 e. The van der Waals surface area contributed by atoms with Crippen LogP contribution in [0.25, 0.3) is 10.9 Å². The summed E-state index contributed by atoms with van der Waals surface area (Å²) in [6, 6.07) is 7.33. The van der Waals surface area contributed by atoms with E-state index in [9.17, 15) is 14.4 Å². The Morgan fingerprint density at radius 3 is 2.88 bits per heavy atom. The quantitative estimate of drug-likeness (QED) is 0.722. The highest BCUT2D eigenvalue weighted by Crippen LogP contribution is 2.20. The lowest BCUT2D eigenvalue weighted by Gasteiger charge is -2.34. The number of hydrogen-bond donors (Lipinski definition) is 2. The Bertz CT molecular complexity index is 816. The molecule has 0 saturated carbocycles. The first-order chi connectivity index (χ1) is 12.6. The fraction of sp³-hybridized carbons (Fsp3) is 0.389. The summed E-state index contributed by atoms with van der Waals surface area (Å²) in [4.78, 5) is 43.1. The molecule has 1 aromatic heterocycles. The van der Waals surface area contributed by atoms with Crippen LogP contribution in [0.3, 0.4) is 0 Å². The number of benzene rings is 1. The summed E-state index contributed by atoms with van der Waals surface area (Å²) in [6.45, 7) is 1.54. The number of methoxy groups -OCH3 is 1. The van der Waals surface area contributed by atoms with Crippen molar-refractivity contribution in [3.63, 3.8) is 0 Å². The number of aromatic amines is 1. The van der Waals surface area contributed by atoms with Crippen LogP contribution in [0.1, 0.15) is 10.4 Å². The molecule has 1 saturated heterocycles. The summed E-state index contributed by atoms with van der Waals surface area (Å²) in [6.07, 6.45) is 1.78. The molecule has 2 heterocycles. The first-order valence-corrected chi connectivity index (χ1v) is 8.49. The number of nitrogens with one attached hydrogen (secondary N) is 2. The van der Waals surface area contributed by atoms with E-state index in [4.69, 9.17) is 4.74 Å². The molecule has 26 heavy (non-hydrogen) atoms. The van der Waals surface area contributed by atoms with Crippen LogP contribution in [0.5, 0.6) is 0 Å². The number of ether oxygens (including phenoxy) is 1. The van der Waals surface area contributed by atoms with Crippen LogP contribution in [0.4, 0.5) is 0 Å². The minimum absolute atomic E-state index is 0.00201. The standard InChI is InChI=1S/C18H22N4O4/c1-26-10-7-20-16(23)11-21-8-9-22(12-17(21)24)18(25)14-3-2-4-15-13(14)5-6-19-15/h2-6,19H,7-12H2,1H3,(H,20,23). The van der Waals surface area contributed by atoms with Crippen molar-refractivity contribution in [3.05, 3.63) is 36.0 Å². The van der Waals surface area contributed by atoms with Gasteiger partial charge >= 0.3 is 0 Å². The molecule has 1 aliphatic rings. The van der Waals surface area contributed by atoms with E-state index in [1.54, 1.807) is 19.4 Å². The molecule has 1 aliphatic heterocycles. The maximum absolute atomic E-state index is 12.8. The number of nitrogens with zero attached hydrogens (tertiary/aromatic N) is 2. The van der Waals surface area contributed by atoms with Gasteiger partial charge in [0.05, 0.1) is 13.2 Å². The third-order valence-corrected chi connectivity index (χ3v) is 4.39. The van der Waals surface area contributed by atoms with Gasteiger partial charge in [0.25, 0.3) is 5.91 Å². The topological polar surface area (TPSA) is 94.7 Å². The van der Waals surface area contributed by atoms with Gasteiger partial charge in [-0.1, -0.05) is 6.07 Å². The molecule has 2 aromatic rings. The summed E-state index contributed by atoms with van der Waals surface area (Å²) in [5.41, 5.74) is 1.45. The smallest absolute Gasteiger partial charge is 0.255 e. The molecule has 0 bridgehead atoms. The molecule has 2 N–H and O–H groups in total. The molecular formula is C18H22N4O4. The molecule has 0 radical (unpaired) electrons. The lowest BCUT2D eigenvalue weighted by atomic mass is 10.1. The number of carbonyl (C=O) groups excluding carboxylic acids is 3. The summed E-state index contributed by atoms with van der Waals surface area (Å²) in [5.74, 6) is -0.632. The second-order valence-corrected chi connectivity index (χ2v) is 6.13. The van der Waals surface area contributed by atoms with Gasteiger partial charge in [-0.05, 0) is 18.2 Å². The van der Waals surface area contributed by atoms with Crippen molar-refractivity contribution in [1.29, 1.82) is 0 Å². The lowest BCUT2D eigenvalue weighted by Crippen LogP contribution is -2.54. The molecule has 3 rings (SSSR count). The zero-order valence-corrected chi connectivity index (χ0v) is 14.7. The molecule has 3 amide bonds. The Labute approximate surface area is 151 Å². The number of amides is 3. The van der Waals surface area contributed by atoms with Crippen LogP contribution in [0.2, 0.25) is 0 Å². The highest BCUT2D eigenvalue weighted by molar-refractivity contribution is 6.07. The molecule has 8 heteroatoms. The third kappa shape index (κ3) is 3.85. The van der Waals surface area contributed by atoms with Gasteiger partial charge in [-0.3, -0.25) is 14.4 Å². The molecular weight excluding hydrogens is 336 g/mol. The minimum atomic E-state index is -0.229. The number of rotatable bonds is 6. The second-order valence-electron chi connectivity index (χ2n) is 6.13. The van der Waals surface area contributed by atoms with E-state index in [1.165, 1.54) is 9.80 Å². The van der Waals surface area contributed by atoms with Gasteiger partial charge < -0.3 is 24.8 Å². The summed E-state index contributed by atoms with van der Waals surface area (Å²) in [7, 11) is 1.56. The number of piperazine rings is 1. The zero-order chi connectivity index (χ0) is 18.5. The number of fused-ring (bicyclic) bond motifs is 1. The van der Waals surface area contributed by atoms with Crippen molar-refractivity contribution in [2.45, 2.75) is 0 Å². The lowest BCUT2D eigenvalue weighted by molar-refractivity contribution is -0.139. The van der Waals surface area contributed by atoms with E-state index in [1.807, 2.05) is 18.2 Å². The van der Waals surface area contributed by atoms with E-state index in [-0.39, 0.29) is 30.8 Å². The first-order valence-electron chi connectivity index (χ1n) is 8.49. The average molecular weight is 358 g/mol. The van der Waals surface area contributed by atoms with E-state index >= 15 is 0 Å². The third-order valence-electron chi connectivity index (χ3n) is 4.39. The van der Waals surface area contributed by atoms with Crippen molar-refractivity contribution >= 4 is 28.6 Å². The maximum atomic E-state index is 12.8. The van der Waals surface area contributed by atoms with Gasteiger partial charge in [0, 0.05) is 49.4 Å². The Hall–Kier alpha value is -2.87. The Balaban J connectivity index is 1.60. The predicted octanol–water partition coefficient (Wildman–Crippen LogP) is 0.215. The predicted molar refractivity (Wildman–Crippen MR) is 95.7 cm³/mol. The molecule has 1 fully saturated rings. The van der Waals surface area contributed by atoms with Gasteiger partial charge in [-0.25, -0.2) is 0 Å². The van der Waals surface area contributed by atoms with E-state index < -0.39 is 0 Å². The van der Waals surface area contributed by atoms with Crippen molar-refractivity contribution < 1.29 is 19.1 Å². The molecule has 138 valence electrons. The number of hydrogen-bond acceptors (Lipinski definition) is 4. The highest BCUT2D eigenvalue weighted by Gasteiger charge is 2.29. The van der Waals surface area contributed by atoms with Crippen molar-refractivity contribution in [1.82, 2.24) is 20.1 Å². The van der Waals surface area contributed by atoms with Crippen molar-refractivity contribution in [2.75, 3.05) is 46.4 Å². The number of aromatic nitrogens is 1. The molecule has 0 spiro atoms. The van der Waals surface area contributed by atoms with Crippen LogP contribution in [0.15, 0.2) is 30.5 Å². The molecule has 0 unspecified atom stereocenters. The second kappa shape index (κ2) is 8.01. The Kier molecular flexibility index (Phi) is 5.52. The first kappa shape index (κ1) is 17.9. The summed E-state index contributed by atoms with van der Waals surface area (Å²) >= 11 is 0. The summed E-state index contributed by atoms with van der Waals surface area (Å²) in [5, 5.41) is 3.52.